The number of aromatic nitrogens is 3. The Bertz CT molecular complexity index is 805. The van der Waals surface area contributed by atoms with E-state index in [9.17, 15) is 4.79 Å². The first-order valence-electron chi connectivity index (χ1n) is 6.45. The van der Waals surface area contributed by atoms with E-state index >= 15 is 0 Å². The molecular formula is C14H15N5O2. The number of rotatable bonds is 3. The summed E-state index contributed by atoms with van der Waals surface area (Å²) in [6, 6.07) is 4.49. The lowest BCUT2D eigenvalue weighted by Crippen LogP contribution is -2.27. The van der Waals surface area contributed by atoms with E-state index in [1.165, 1.54) is 0 Å². The van der Waals surface area contributed by atoms with Gasteiger partial charge in [0.05, 0.1) is 6.20 Å². The van der Waals surface area contributed by atoms with Crippen LogP contribution in [0.4, 0.5) is 5.69 Å². The fraction of sp³-hybridized carbons (Fsp3) is 0.214. The van der Waals surface area contributed by atoms with Gasteiger partial charge in [0.25, 0.3) is 0 Å². The molecule has 0 saturated heterocycles. The zero-order valence-electron chi connectivity index (χ0n) is 11.7. The Balaban J connectivity index is 1.79. The van der Waals surface area contributed by atoms with E-state index in [1.54, 1.807) is 49.2 Å². The van der Waals surface area contributed by atoms with Gasteiger partial charge in [0.15, 0.2) is 11.5 Å². The molecule has 2 heterocycles. The monoisotopic (exact) mass is 285 g/mol. The van der Waals surface area contributed by atoms with Gasteiger partial charge in [0.1, 0.15) is 11.6 Å². The van der Waals surface area contributed by atoms with E-state index in [0.29, 0.717) is 28.2 Å². The molecule has 3 aromatic rings. The van der Waals surface area contributed by atoms with Crippen molar-refractivity contribution in [2.24, 2.45) is 12.8 Å². The molecule has 0 aliphatic rings. The molecule has 1 amide bonds. The van der Waals surface area contributed by atoms with E-state index in [0.717, 1.165) is 0 Å². The van der Waals surface area contributed by atoms with Crippen molar-refractivity contribution in [1.82, 2.24) is 14.8 Å². The fourth-order valence-corrected chi connectivity index (χ4v) is 2.09. The normalized spacial score (nSPS) is 12.5. The SMILES string of the molecule is Cc1nc2cc(NC(=O)C(N)c3cnn(C)c3)ccc2o1. The number of nitrogens with two attached hydrogens (primary N) is 1. The molecule has 3 N–H and O–H groups in total. The van der Waals surface area contributed by atoms with Crippen molar-refractivity contribution in [2.75, 3.05) is 5.32 Å². The van der Waals surface area contributed by atoms with E-state index in [1.807, 2.05) is 0 Å². The van der Waals surface area contributed by atoms with Crippen LogP contribution in [0.2, 0.25) is 0 Å². The number of amides is 1. The fourth-order valence-electron chi connectivity index (χ4n) is 2.09. The average molecular weight is 285 g/mol. The Morgan fingerprint density at radius 1 is 1.48 bits per heavy atom. The molecule has 0 saturated carbocycles. The Morgan fingerprint density at radius 3 is 3.00 bits per heavy atom. The molecule has 108 valence electrons. The van der Waals surface area contributed by atoms with Crippen LogP contribution in [0.3, 0.4) is 0 Å². The maximum atomic E-state index is 12.1. The molecule has 3 rings (SSSR count). The van der Waals surface area contributed by atoms with Crippen LogP contribution in [0.25, 0.3) is 11.1 Å². The van der Waals surface area contributed by atoms with Crippen molar-refractivity contribution in [1.29, 1.82) is 0 Å². The number of nitrogens with zero attached hydrogens (tertiary/aromatic N) is 3. The van der Waals surface area contributed by atoms with Gasteiger partial charge in [-0.15, -0.1) is 0 Å². The number of hydrogen-bond acceptors (Lipinski definition) is 5. The highest BCUT2D eigenvalue weighted by Crippen LogP contribution is 2.20. The van der Waals surface area contributed by atoms with Crippen molar-refractivity contribution in [3.05, 3.63) is 42.0 Å². The van der Waals surface area contributed by atoms with E-state index in [4.69, 9.17) is 10.2 Å². The second kappa shape index (κ2) is 5.02. The molecule has 1 aromatic carbocycles. The van der Waals surface area contributed by atoms with Crippen LogP contribution >= 0.6 is 0 Å². The second-order valence-corrected chi connectivity index (χ2v) is 4.83. The third-order valence-electron chi connectivity index (χ3n) is 3.13. The largest absolute Gasteiger partial charge is 0.441 e. The van der Waals surface area contributed by atoms with Crippen LogP contribution in [-0.2, 0) is 11.8 Å². The van der Waals surface area contributed by atoms with Gasteiger partial charge in [-0.3, -0.25) is 9.48 Å². The summed E-state index contributed by atoms with van der Waals surface area (Å²) < 4.78 is 6.99. The molecule has 0 fully saturated rings. The van der Waals surface area contributed by atoms with Crippen LogP contribution < -0.4 is 11.1 Å². The summed E-state index contributed by atoms with van der Waals surface area (Å²) in [6.45, 7) is 1.77. The third-order valence-corrected chi connectivity index (χ3v) is 3.13. The number of nitrogens with one attached hydrogen (secondary N) is 1. The number of oxazole rings is 1. The summed E-state index contributed by atoms with van der Waals surface area (Å²) in [4.78, 5) is 16.4. The van der Waals surface area contributed by atoms with Gasteiger partial charge >= 0.3 is 0 Å². The summed E-state index contributed by atoms with van der Waals surface area (Å²) >= 11 is 0. The van der Waals surface area contributed by atoms with Crippen molar-refractivity contribution in [3.8, 4) is 0 Å². The Hall–Kier alpha value is -2.67. The standard InChI is InChI=1S/C14H15N5O2/c1-8-17-11-5-10(3-4-12(11)21-8)18-14(20)13(15)9-6-16-19(2)7-9/h3-7,13H,15H2,1-2H3,(H,18,20). The van der Waals surface area contributed by atoms with Gasteiger partial charge in [-0.2, -0.15) is 5.10 Å². The third kappa shape index (κ3) is 2.63. The topological polar surface area (TPSA) is 99.0 Å². The number of anilines is 1. The summed E-state index contributed by atoms with van der Waals surface area (Å²) in [5, 5.41) is 6.77. The lowest BCUT2D eigenvalue weighted by Gasteiger charge is -2.10. The average Bonchev–Trinajstić information content (AvgIpc) is 3.02. The summed E-state index contributed by atoms with van der Waals surface area (Å²) in [5.74, 6) is 0.281. The minimum absolute atomic E-state index is 0.303. The molecule has 7 nitrogen and oxygen atoms in total. The molecule has 0 bridgehead atoms. The number of hydrogen-bond donors (Lipinski definition) is 2. The maximum Gasteiger partial charge on any atom is 0.246 e. The van der Waals surface area contributed by atoms with Crippen LogP contribution in [-0.4, -0.2) is 20.7 Å². The molecule has 0 aliphatic heterocycles. The van der Waals surface area contributed by atoms with E-state index in [2.05, 4.69) is 15.4 Å². The lowest BCUT2D eigenvalue weighted by molar-refractivity contribution is -0.117. The molecule has 1 atom stereocenters. The van der Waals surface area contributed by atoms with Crippen LogP contribution in [0.1, 0.15) is 17.5 Å². The number of benzene rings is 1. The van der Waals surface area contributed by atoms with Gasteiger partial charge in [-0.05, 0) is 18.2 Å². The first-order valence-corrected chi connectivity index (χ1v) is 6.45. The van der Waals surface area contributed by atoms with Gasteiger partial charge in [-0.25, -0.2) is 4.98 Å². The second-order valence-electron chi connectivity index (χ2n) is 4.83. The Kier molecular flexibility index (Phi) is 3.19. The number of carbonyl (C=O) groups excluding carboxylic acids is 1. The quantitative estimate of drug-likeness (QED) is 0.760. The predicted octanol–water partition coefficient (Wildman–Crippen LogP) is 1.51. The van der Waals surface area contributed by atoms with Gasteiger partial charge in [0, 0.05) is 31.4 Å². The van der Waals surface area contributed by atoms with E-state index in [-0.39, 0.29) is 5.91 Å². The summed E-state index contributed by atoms with van der Waals surface area (Å²) in [6.07, 6.45) is 3.29. The Morgan fingerprint density at radius 2 is 2.29 bits per heavy atom. The van der Waals surface area contributed by atoms with Gasteiger partial charge in [0.2, 0.25) is 5.91 Å². The van der Waals surface area contributed by atoms with Crippen LogP contribution in [0.5, 0.6) is 0 Å². The lowest BCUT2D eigenvalue weighted by atomic mass is 10.1. The zero-order valence-corrected chi connectivity index (χ0v) is 11.7. The van der Waals surface area contributed by atoms with Crippen molar-refractivity contribution in [2.45, 2.75) is 13.0 Å². The molecule has 0 radical (unpaired) electrons. The maximum absolute atomic E-state index is 12.1. The van der Waals surface area contributed by atoms with Gasteiger partial charge in [-0.1, -0.05) is 0 Å². The molecule has 2 aromatic heterocycles. The number of carbonyl (C=O) groups is 1. The predicted molar refractivity (Wildman–Crippen MR) is 77.5 cm³/mol. The minimum Gasteiger partial charge on any atom is -0.441 e. The highest BCUT2D eigenvalue weighted by Gasteiger charge is 2.17. The van der Waals surface area contributed by atoms with Crippen LogP contribution in [0, 0.1) is 6.92 Å². The molecule has 21 heavy (non-hydrogen) atoms. The van der Waals surface area contributed by atoms with Gasteiger partial charge < -0.3 is 15.5 Å². The molecule has 0 spiro atoms. The summed E-state index contributed by atoms with van der Waals surface area (Å²) in [7, 11) is 1.77. The first-order chi connectivity index (χ1) is 10.0. The smallest absolute Gasteiger partial charge is 0.246 e. The molecule has 7 heteroatoms. The highest BCUT2D eigenvalue weighted by molar-refractivity contribution is 5.96. The van der Waals surface area contributed by atoms with Crippen molar-refractivity contribution >= 4 is 22.7 Å². The number of aryl methyl sites for hydroxylation is 2. The summed E-state index contributed by atoms with van der Waals surface area (Å²) in [5.41, 5.74) is 8.58. The number of fused-ring (bicyclic) bond motifs is 1. The van der Waals surface area contributed by atoms with Crippen molar-refractivity contribution in [3.63, 3.8) is 0 Å². The highest BCUT2D eigenvalue weighted by atomic mass is 16.3. The molecular weight excluding hydrogens is 270 g/mol. The van der Waals surface area contributed by atoms with Crippen LogP contribution in [0.15, 0.2) is 35.0 Å². The molecule has 0 aliphatic carbocycles. The minimum atomic E-state index is -0.770. The Labute approximate surface area is 120 Å². The van der Waals surface area contributed by atoms with Crippen molar-refractivity contribution < 1.29 is 9.21 Å². The van der Waals surface area contributed by atoms with E-state index < -0.39 is 6.04 Å². The zero-order chi connectivity index (χ0) is 15.0. The first kappa shape index (κ1) is 13.3. The molecule has 1 unspecified atom stereocenters.